The normalized spacial score (nSPS) is 29.6. The van der Waals surface area contributed by atoms with E-state index in [9.17, 15) is 9.32 Å². The minimum atomic E-state index is -1.61. The molecule has 0 radical (unpaired) electrons. The Morgan fingerprint density at radius 3 is 2.86 bits per heavy atom. The third-order valence-electron chi connectivity index (χ3n) is 6.43. The zero-order valence-electron chi connectivity index (χ0n) is 19.2. The predicted molar refractivity (Wildman–Crippen MR) is 131 cm³/mol. The van der Waals surface area contributed by atoms with Crippen LogP contribution in [-0.2, 0) is 31.3 Å². The largest absolute Gasteiger partial charge is 0.387 e. The number of nitrogens with one attached hydrogen (secondary N) is 1. The van der Waals surface area contributed by atoms with Crippen LogP contribution < -0.4 is 5.32 Å². The number of halogens is 1. The number of hydrogen-bond donors (Lipinski definition) is 2. The molecule has 3 aromatic rings. The Morgan fingerprint density at radius 2 is 2.09 bits per heavy atom. The molecular formula is C23H28ClN5O5S. The lowest BCUT2D eigenvalue weighted by Gasteiger charge is -2.22. The van der Waals surface area contributed by atoms with Gasteiger partial charge < -0.3 is 19.9 Å². The molecule has 10 nitrogen and oxygen atoms in total. The monoisotopic (exact) mass is 521 g/mol. The van der Waals surface area contributed by atoms with E-state index < -0.39 is 35.6 Å². The molecule has 5 rings (SSSR count). The van der Waals surface area contributed by atoms with Crippen LogP contribution >= 0.6 is 11.6 Å². The lowest BCUT2D eigenvalue weighted by molar-refractivity contribution is -0.0191. The summed E-state index contributed by atoms with van der Waals surface area (Å²) in [4.78, 5) is 13.4. The molecule has 2 aromatic heterocycles. The molecule has 35 heavy (non-hydrogen) atoms. The third kappa shape index (κ3) is 5.20. The van der Waals surface area contributed by atoms with Crippen LogP contribution in [0, 0.1) is 0 Å². The molecule has 0 bridgehead atoms. The molecule has 0 amide bonds. The Hall–Kier alpha value is -2.15. The van der Waals surface area contributed by atoms with Crippen LogP contribution in [0.3, 0.4) is 0 Å². The smallest absolute Gasteiger partial charge is 0.167 e. The van der Waals surface area contributed by atoms with Gasteiger partial charge in [-0.25, -0.2) is 19.2 Å². The number of aliphatic hydroxyl groups is 1. The highest BCUT2D eigenvalue weighted by Gasteiger charge is 2.46. The Balaban J connectivity index is 1.35. The van der Waals surface area contributed by atoms with Gasteiger partial charge in [0, 0.05) is 6.26 Å². The van der Waals surface area contributed by atoms with E-state index in [0.717, 1.165) is 24.8 Å². The molecule has 1 saturated heterocycles. The number of aromatic nitrogens is 4. The maximum absolute atomic E-state index is 11.8. The van der Waals surface area contributed by atoms with Crippen LogP contribution in [0.2, 0.25) is 0 Å². The van der Waals surface area contributed by atoms with E-state index in [-0.39, 0.29) is 18.0 Å². The van der Waals surface area contributed by atoms with Gasteiger partial charge in [0.15, 0.2) is 34.3 Å². The van der Waals surface area contributed by atoms with E-state index in [1.807, 2.05) is 18.2 Å². The first-order valence-corrected chi connectivity index (χ1v) is 13.6. The Labute approximate surface area is 210 Å². The number of rotatable bonds is 9. The van der Waals surface area contributed by atoms with Crippen molar-refractivity contribution in [3.8, 4) is 0 Å². The van der Waals surface area contributed by atoms with Crippen LogP contribution in [0.5, 0.6) is 0 Å². The molecule has 188 valence electrons. The summed E-state index contributed by atoms with van der Waals surface area (Å²) >= 11 is 4.35. The van der Waals surface area contributed by atoms with Crippen molar-refractivity contribution in [1.29, 1.82) is 0 Å². The van der Waals surface area contributed by atoms with E-state index in [1.54, 1.807) is 10.9 Å². The molecule has 3 heterocycles. The number of ether oxygens (including phenoxy) is 2. The average Bonchev–Trinajstić information content (AvgIpc) is 3.57. The van der Waals surface area contributed by atoms with Crippen molar-refractivity contribution in [3.63, 3.8) is 0 Å². The summed E-state index contributed by atoms with van der Waals surface area (Å²) in [6.07, 6.45) is 4.05. The molecule has 7 atom stereocenters. The van der Waals surface area contributed by atoms with Crippen LogP contribution in [0.4, 0.5) is 5.82 Å². The van der Waals surface area contributed by atoms with Crippen molar-refractivity contribution >= 4 is 39.7 Å². The highest BCUT2D eigenvalue weighted by molar-refractivity contribution is 7.79. The first-order valence-electron chi connectivity index (χ1n) is 11.5. The fourth-order valence-electron chi connectivity index (χ4n) is 4.72. The standard InChI is InChI=1S/C23H28ClN5O5S/c1-35(31)34-20-19(30)17(10-24)33-23(20)29-13-27-18-21(25-12-26-22(18)29)28-15-8-5-9-16(15)32-11-14-6-3-2-4-7-14/h2-4,6-7,12-13,15-17,19-20,23,30H,5,8-11H2,1H3,(H,25,26,28)/t15?,16?,17-,19-,20-,23-,35?/m1/s1. The lowest BCUT2D eigenvalue weighted by atomic mass is 10.1. The number of alkyl halides is 1. The quantitative estimate of drug-likeness (QED) is 0.409. The number of aliphatic hydroxyl groups excluding tert-OH is 1. The fourth-order valence-corrected chi connectivity index (χ4v) is 5.49. The molecule has 3 unspecified atom stereocenters. The van der Waals surface area contributed by atoms with E-state index in [2.05, 4.69) is 32.4 Å². The zero-order chi connectivity index (χ0) is 24.4. The maximum Gasteiger partial charge on any atom is 0.167 e. The number of benzene rings is 1. The van der Waals surface area contributed by atoms with Crippen LogP contribution in [0.15, 0.2) is 43.0 Å². The van der Waals surface area contributed by atoms with Gasteiger partial charge in [0.25, 0.3) is 0 Å². The molecule has 2 fully saturated rings. The second-order valence-electron chi connectivity index (χ2n) is 8.74. The molecule has 2 N–H and O–H groups in total. The summed E-state index contributed by atoms with van der Waals surface area (Å²) in [6.45, 7) is 0.556. The van der Waals surface area contributed by atoms with Crippen LogP contribution in [0.1, 0.15) is 31.1 Å². The highest BCUT2D eigenvalue weighted by Crippen LogP contribution is 2.35. The average molecular weight is 522 g/mol. The summed E-state index contributed by atoms with van der Waals surface area (Å²) in [7, 11) is 0. The highest BCUT2D eigenvalue weighted by atomic mass is 35.5. The maximum atomic E-state index is 11.8. The van der Waals surface area contributed by atoms with Crippen LogP contribution in [0.25, 0.3) is 11.2 Å². The van der Waals surface area contributed by atoms with Gasteiger partial charge in [-0.05, 0) is 24.8 Å². The topological polar surface area (TPSA) is 121 Å². The summed E-state index contributed by atoms with van der Waals surface area (Å²) in [6, 6.07) is 10.2. The van der Waals surface area contributed by atoms with Gasteiger partial charge in [0.05, 0.1) is 31.0 Å². The van der Waals surface area contributed by atoms with E-state index in [4.69, 9.17) is 25.3 Å². The van der Waals surface area contributed by atoms with Gasteiger partial charge in [-0.15, -0.1) is 11.6 Å². The number of imidazole rings is 1. The van der Waals surface area contributed by atoms with Gasteiger partial charge in [0.1, 0.15) is 24.6 Å². The minimum absolute atomic E-state index is 0.0532. The molecule has 1 aliphatic heterocycles. The number of hydrogen-bond acceptors (Lipinski definition) is 9. The number of nitrogens with zero attached hydrogens (tertiary/aromatic N) is 4. The first-order chi connectivity index (χ1) is 17.0. The Morgan fingerprint density at radius 1 is 1.26 bits per heavy atom. The van der Waals surface area contributed by atoms with Gasteiger partial charge in [-0.3, -0.25) is 8.75 Å². The van der Waals surface area contributed by atoms with Crippen molar-refractivity contribution in [2.45, 2.75) is 62.6 Å². The van der Waals surface area contributed by atoms with Gasteiger partial charge in [0.2, 0.25) is 0 Å². The van der Waals surface area contributed by atoms with Gasteiger partial charge >= 0.3 is 0 Å². The molecule has 12 heteroatoms. The first kappa shape index (κ1) is 24.5. The second-order valence-corrected chi connectivity index (χ2v) is 10.0. The zero-order valence-corrected chi connectivity index (χ0v) is 20.8. The molecule has 0 spiro atoms. The summed E-state index contributed by atoms with van der Waals surface area (Å²) in [5.41, 5.74) is 2.20. The van der Waals surface area contributed by atoms with E-state index in [1.165, 1.54) is 12.6 Å². The lowest BCUT2D eigenvalue weighted by Crippen LogP contribution is -2.35. The van der Waals surface area contributed by atoms with Gasteiger partial charge in [-0.1, -0.05) is 30.3 Å². The molecule has 1 aliphatic carbocycles. The van der Waals surface area contributed by atoms with Crippen LogP contribution in [-0.4, -0.2) is 71.4 Å². The third-order valence-corrected chi connectivity index (χ3v) is 7.22. The van der Waals surface area contributed by atoms with E-state index >= 15 is 0 Å². The predicted octanol–water partition coefficient (Wildman–Crippen LogP) is 2.55. The van der Waals surface area contributed by atoms with Gasteiger partial charge in [-0.2, -0.15) is 0 Å². The SMILES string of the molecule is CS(=O)O[C@@H]1[C@H](O)[C@@H](CCl)O[C@H]1n1cnc2c(NC3CCCC3OCc3ccccc3)ncnc21. The molecule has 2 aliphatic rings. The minimum Gasteiger partial charge on any atom is -0.387 e. The van der Waals surface area contributed by atoms with Crippen molar-refractivity contribution in [2.24, 2.45) is 0 Å². The summed E-state index contributed by atoms with van der Waals surface area (Å²) in [5, 5.41) is 14.1. The second kappa shape index (κ2) is 10.9. The molecule has 1 aromatic carbocycles. The fraction of sp³-hybridized carbons (Fsp3) is 0.522. The Kier molecular flexibility index (Phi) is 7.61. The van der Waals surface area contributed by atoms with Crippen molar-refractivity contribution in [1.82, 2.24) is 19.5 Å². The summed E-state index contributed by atoms with van der Waals surface area (Å²) in [5.74, 6) is 0.659. The van der Waals surface area contributed by atoms with Crippen molar-refractivity contribution in [3.05, 3.63) is 48.5 Å². The molecular weight excluding hydrogens is 494 g/mol. The summed E-state index contributed by atoms with van der Waals surface area (Å²) < 4.78 is 31.0. The number of fused-ring (bicyclic) bond motifs is 1. The Bertz CT molecular complexity index is 1170. The molecule has 1 saturated carbocycles. The van der Waals surface area contributed by atoms with E-state index in [0.29, 0.717) is 23.6 Å². The number of anilines is 1. The van der Waals surface area contributed by atoms with Crippen molar-refractivity contribution in [2.75, 3.05) is 17.5 Å². The van der Waals surface area contributed by atoms with Crippen molar-refractivity contribution < 1.29 is 23.0 Å².